The van der Waals surface area contributed by atoms with Gasteiger partial charge in [0, 0.05) is 5.56 Å². The van der Waals surface area contributed by atoms with Crippen LogP contribution in [0.1, 0.15) is 22.3 Å². The predicted octanol–water partition coefficient (Wildman–Crippen LogP) is 2.99. The molecule has 0 saturated carbocycles. The lowest BCUT2D eigenvalue weighted by atomic mass is 10.0. The zero-order valence-electron chi connectivity index (χ0n) is 7.93. The van der Waals surface area contributed by atoms with Crippen molar-refractivity contribution in [2.45, 2.75) is 20.8 Å². The minimum atomic E-state index is 0.148. The molecule has 0 atom stereocenters. The second kappa shape index (κ2) is 3.79. The molecular formula is C10H12ClNO. The first kappa shape index (κ1) is 10.1. The molecule has 0 unspecified atom stereocenters. The molecule has 70 valence electrons. The maximum Gasteiger partial charge on any atom is 0.175 e. The molecule has 0 aliphatic heterocycles. The summed E-state index contributed by atoms with van der Waals surface area (Å²) >= 11 is 5.75. The molecule has 1 aromatic rings. The quantitative estimate of drug-likeness (QED) is 0.419. The number of halogens is 1. The van der Waals surface area contributed by atoms with Gasteiger partial charge in [-0.2, -0.15) is 0 Å². The van der Waals surface area contributed by atoms with E-state index in [2.05, 4.69) is 5.16 Å². The topological polar surface area (TPSA) is 32.6 Å². The van der Waals surface area contributed by atoms with E-state index in [1.54, 1.807) is 0 Å². The van der Waals surface area contributed by atoms with E-state index < -0.39 is 0 Å². The van der Waals surface area contributed by atoms with Gasteiger partial charge in [-0.15, -0.1) is 0 Å². The standard InChI is InChI=1S/C10H12ClNO/c1-6-4-7(2)9(8(3)5-6)10(11)12-13/h4-5,13H,1-3H3/b12-10+. The fourth-order valence-corrected chi connectivity index (χ4v) is 1.85. The van der Waals surface area contributed by atoms with E-state index in [9.17, 15) is 0 Å². The number of benzene rings is 1. The highest BCUT2D eigenvalue weighted by atomic mass is 35.5. The van der Waals surface area contributed by atoms with Gasteiger partial charge in [0.25, 0.3) is 0 Å². The monoisotopic (exact) mass is 197 g/mol. The third kappa shape index (κ3) is 2.01. The lowest BCUT2D eigenvalue weighted by Gasteiger charge is -2.07. The fraction of sp³-hybridized carbons (Fsp3) is 0.300. The highest BCUT2D eigenvalue weighted by Crippen LogP contribution is 2.18. The van der Waals surface area contributed by atoms with E-state index in [4.69, 9.17) is 16.8 Å². The zero-order chi connectivity index (χ0) is 10.0. The van der Waals surface area contributed by atoms with Crippen molar-refractivity contribution >= 4 is 16.8 Å². The van der Waals surface area contributed by atoms with E-state index in [-0.39, 0.29) is 5.17 Å². The van der Waals surface area contributed by atoms with Crippen molar-refractivity contribution in [1.82, 2.24) is 0 Å². The summed E-state index contributed by atoms with van der Waals surface area (Å²) in [5.74, 6) is 0. The molecule has 1 rings (SSSR count). The largest absolute Gasteiger partial charge is 0.410 e. The zero-order valence-corrected chi connectivity index (χ0v) is 8.68. The molecule has 0 heterocycles. The van der Waals surface area contributed by atoms with Crippen molar-refractivity contribution in [2.24, 2.45) is 5.16 Å². The minimum Gasteiger partial charge on any atom is -0.410 e. The predicted molar refractivity (Wildman–Crippen MR) is 54.8 cm³/mol. The van der Waals surface area contributed by atoms with E-state index in [0.717, 1.165) is 16.7 Å². The Bertz CT molecular complexity index is 335. The van der Waals surface area contributed by atoms with Crippen LogP contribution in [0.15, 0.2) is 17.3 Å². The molecule has 0 amide bonds. The van der Waals surface area contributed by atoms with Crippen LogP contribution in [0.4, 0.5) is 0 Å². The summed E-state index contributed by atoms with van der Waals surface area (Å²) in [5.41, 5.74) is 4.05. The van der Waals surface area contributed by atoms with E-state index in [1.165, 1.54) is 5.56 Å². The third-order valence-electron chi connectivity index (χ3n) is 1.97. The first-order chi connectivity index (χ1) is 6.06. The second-order valence-corrected chi connectivity index (χ2v) is 3.52. The average Bonchev–Trinajstić information content (AvgIpc) is 2.02. The summed E-state index contributed by atoms with van der Waals surface area (Å²) in [5, 5.41) is 11.7. The van der Waals surface area contributed by atoms with Gasteiger partial charge in [-0.3, -0.25) is 0 Å². The van der Waals surface area contributed by atoms with Gasteiger partial charge in [-0.25, -0.2) is 0 Å². The lowest BCUT2D eigenvalue weighted by molar-refractivity contribution is 0.321. The number of hydrogen-bond donors (Lipinski definition) is 1. The summed E-state index contributed by atoms with van der Waals surface area (Å²) in [6.07, 6.45) is 0. The highest BCUT2D eigenvalue weighted by molar-refractivity contribution is 6.69. The highest BCUT2D eigenvalue weighted by Gasteiger charge is 2.08. The van der Waals surface area contributed by atoms with Gasteiger partial charge in [-0.05, 0) is 31.9 Å². The summed E-state index contributed by atoms with van der Waals surface area (Å²) in [7, 11) is 0. The number of oxime groups is 1. The van der Waals surface area contributed by atoms with Crippen LogP contribution < -0.4 is 0 Å². The van der Waals surface area contributed by atoms with Crippen LogP contribution in [0.2, 0.25) is 0 Å². The minimum absolute atomic E-state index is 0.148. The Labute approximate surface area is 82.8 Å². The van der Waals surface area contributed by atoms with Crippen LogP contribution in [0.25, 0.3) is 0 Å². The van der Waals surface area contributed by atoms with Crippen LogP contribution in [0.5, 0.6) is 0 Å². The molecule has 0 aliphatic carbocycles. The van der Waals surface area contributed by atoms with Gasteiger partial charge >= 0.3 is 0 Å². The molecule has 1 N–H and O–H groups in total. The molecule has 2 nitrogen and oxygen atoms in total. The van der Waals surface area contributed by atoms with Crippen molar-refractivity contribution in [3.05, 3.63) is 34.4 Å². The summed E-state index contributed by atoms with van der Waals surface area (Å²) in [6, 6.07) is 4.02. The van der Waals surface area contributed by atoms with Crippen LogP contribution >= 0.6 is 11.6 Å². The number of rotatable bonds is 1. The Balaban J connectivity index is 3.37. The number of hydrogen-bond acceptors (Lipinski definition) is 2. The first-order valence-corrected chi connectivity index (χ1v) is 4.40. The van der Waals surface area contributed by atoms with Gasteiger partial charge in [-0.1, -0.05) is 34.5 Å². The first-order valence-electron chi connectivity index (χ1n) is 4.02. The van der Waals surface area contributed by atoms with Crippen LogP contribution in [-0.4, -0.2) is 10.4 Å². The van der Waals surface area contributed by atoms with Gasteiger partial charge in [0.2, 0.25) is 0 Å². The Morgan fingerprint density at radius 2 is 1.69 bits per heavy atom. The van der Waals surface area contributed by atoms with E-state index in [1.807, 2.05) is 32.9 Å². The molecule has 0 spiro atoms. The average molecular weight is 198 g/mol. The molecular weight excluding hydrogens is 186 g/mol. The Morgan fingerprint density at radius 1 is 1.23 bits per heavy atom. The molecule has 0 aliphatic rings. The maximum atomic E-state index is 8.56. The second-order valence-electron chi connectivity index (χ2n) is 3.16. The normalized spacial score (nSPS) is 11.8. The fourth-order valence-electron chi connectivity index (χ4n) is 1.56. The van der Waals surface area contributed by atoms with E-state index in [0.29, 0.717) is 0 Å². The Morgan fingerprint density at radius 3 is 2.08 bits per heavy atom. The number of nitrogens with zero attached hydrogens (tertiary/aromatic N) is 1. The molecule has 0 saturated heterocycles. The van der Waals surface area contributed by atoms with Crippen molar-refractivity contribution < 1.29 is 5.21 Å². The van der Waals surface area contributed by atoms with Gasteiger partial charge in [0.05, 0.1) is 0 Å². The van der Waals surface area contributed by atoms with Crippen molar-refractivity contribution in [3.8, 4) is 0 Å². The summed E-state index contributed by atoms with van der Waals surface area (Å²) in [4.78, 5) is 0. The molecule has 13 heavy (non-hydrogen) atoms. The molecule has 0 fully saturated rings. The van der Waals surface area contributed by atoms with Crippen LogP contribution in [0, 0.1) is 20.8 Å². The van der Waals surface area contributed by atoms with E-state index >= 15 is 0 Å². The molecule has 1 aromatic carbocycles. The van der Waals surface area contributed by atoms with Crippen LogP contribution in [0.3, 0.4) is 0 Å². The van der Waals surface area contributed by atoms with Crippen molar-refractivity contribution in [1.29, 1.82) is 0 Å². The van der Waals surface area contributed by atoms with Gasteiger partial charge in [0.1, 0.15) is 0 Å². The number of aryl methyl sites for hydroxylation is 3. The molecule has 3 heteroatoms. The maximum absolute atomic E-state index is 8.56. The van der Waals surface area contributed by atoms with Gasteiger partial charge < -0.3 is 5.21 Å². The third-order valence-corrected chi connectivity index (χ3v) is 2.24. The molecule has 0 radical (unpaired) electrons. The molecule has 0 aromatic heterocycles. The van der Waals surface area contributed by atoms with Crippen LogP contribution in [-0.2, 0) is 0 Å². The smallest absolute Gasteiger partial charge is 0.175 e. The SMILES string of the molecule is Cc1cc(C)c(/C(Cl)=N\O)c(C)c1. The summed E-state index contributed by atoms with van der Waals surface area (Å²) in [6.45, 7) is 5.92. The lowest BCUT2D eigenvalue weighted by Crippen LogP contribution is -1.99. The summed E-state index contributed by atoms with van der Waals surface area (Å²) < 4.78 is 0. The van der Waals surface area contributed by atoms with Crippen molar-refractivity contribution in [3.63, 3.8) is 0 Å². The van der Waals surface area contributed by atoms with Crippen molar-refractivity contribution in [2.75, 3.05) is 0 Å². The Kier molecular flexibility index (Phi) is 2.94. The van der Waals surface area contributed by atoms with Gasteiger partial charge in [0.15, 0.2) is 5.17 Å². The molecule has 0 bridgehead atoms. The Hall–Kier alpha value is -1.02.